The molecule has 0 nitrogen and oxygen atoms in total. The highest BCUT2D eigenvalue weighted by atomic mass is 32.1. The average molecular weight is 737 g/mol. The van der Waals surface area contributed by atoms with Crippen LogP contribution in [0.3, 0.4) is 0 Å². The molecule has 9 aromatic rings. The van der Waals surface area contributed by atoms with Gasteiger partial charge in [-0.25, -0.2) is 0 Å². The maximum atomic E-state index is 2.51. The number of thiophene rings is 2. The summed E-state index contributed by atoms with van der Waals surface area (Å²) >= 11 is 3.84. The summed E-state index contributed by atoms with van der Waals surface area (Å²) in [5.74, 6) is 0. The molecule has 2 heteroatoms. The lowest BCUT2D eigenvalue weighted by molar-refractivity contribution is 0.468. The van der Waals surface area contributed by atoms with Gasteiger partial charge in [0.25, 0.3) is 0 Å². The van der Waals surface area contributed by atoms with Gasteiger partial charge in [0.1, 0.15) is 0 Å². The molecule has 2 aromatic heterocycles. The molecule has 7 aromatic carbocycles. The second kappa shape index (κ2) is 12.9. The normalized spacial score (nSPS) is 13.8. The monoisotopic (exact) mass is 736 g/mol. The molecular formula is C52H48S2. The standard InChI is InChI=1S/C52H48S2/c1-50(2,3)38-19-17-34(18-20-38)36-27-35-12-8-9-13-41(35)37(28-36)32-52(7,40-22-25-47-45(29-40)42-14-10-11-15-46(42)53-47)31-33-16-23-43-44-24-21-39(51(4,5)6)30-49(44)54-48(43)26-33/h8-30H,31-32H2,1-7H3. The van der Waals surface area contributed by atoms with Crippen LogP contribution in [0.4, 0.5) is 0 Å². The number of hydrogen-bond donors (Lipinski definition) is 0. The summed E-state index contributed by atoms with van der Waals surface area (Å²) in [5.41, 5.74) is 9.58. The minimum atomic E-state index is -0.168. The smallest absolute Gasteiger partial charge is 0.0358 e. The Balaban J connectivity index is 1.18. The largest absolute Gasteiger partial charge is 0.135 e. The predicted octanol–water partition coefficient (Wildman–Crippen LogP) is 15.6. The fourth-order valence-electron chi connectivity index (χ4n) is 8.50. The Morgan fingerprint density at radius 2 is 0.981 bits per heavy atom. The zero-order chi connectivity index (χ0) is 37.4. The number of benzene rings is 7. The molecule has 9 rings (SSSR count). The average Bonchev–Trinajstić information content (AvgIpc) is 3.71. The summed E-state index contributed by atoms with van der Waals surface area (Å²) in [4.78, 5) is 0. The molecule has 0 N–H and O–H groups in total. The van der Waals surface area contributed by atoms with Crippen LogP contribution in [0.5, 0.6) is 0 Å². The molecule has 268 valence electrons. The van der Waals surface area contributed by atoms with Crippen LogP contribution in [0.15, 0.2) is 140 Å². The minimum absolute atomic E-state index is 0.123. The van der Waals surface area contributed by atoms with Gasteiger partial charge in [-0.1, -0.05) is 152 Å². The Bertz CT molecular complexity index is 2850. The van der Waals surface area contributed by atoms with Gasteiger partial charge in [0.2, 0.25) is 0 Å². The molecule has 0 amide bonds. The predicted molar refractivity (Wildman–Crippen MR) is 240 cm³/mol. The van der Waals surface area contributed by atoms with Crippen molar-refractivity contribution in [1.29, 1.82) is 0 Å². The van der Waals surface area contributed by atoms with Crippen LogP contribution >= 0.6 is 22.7 Å². The van der Waals surface area contributed by atoms with Crippen molar-refractivity contribution in [3.8, 4) is 11.1 Å². The summed E-state index contributed by atoms with van der Waals surface area (Å²) in [6, 6.07) is 53.6. The fourth-order valence-corrected chi connectivity index (χ4v) is 10.8. The zero-order valence-corrected chi connectivity index (χ0v) is 34.1. The van der Waals surface area contributed by atoms with E-state index in [0.29, 0.717) is 0 Å². The first-order valence-electron chi connectivity index (χ1n) is 19.3. The minimum Gasteiger partial charge on any atom is -0.135 e. The van der Waals surface area contributed by atoms with Gasteiger partial charge in [0.05, 0.1) is 0 Å². The van der Waals surface area contributed by atoms with Crippen molar-refractivity contribution >= 4 is 73.8 Å². The van der Waals surface area contributed by atoms with E-state index in [4.69, 9.17) is 0 Å². The van der Waals surface area contributed by atoms with Gasteiger partial charge in [-0.15, -0.1) is 22.7 Å². The Labute approximate surface area is 328 Å². The summed E-state index contributed by atoms with van der Waals surface area (Å²) in [7, 11) is 0. The van der Waals surface area contributed by atoms with Gasteiger partial charge in [-0.05, 0) is 110 Å². The van der Waals surface area contributed by atoms with Gasteiger partial charge >= 0.3 is 0 Å². The van der Waals surface area contributed by atoms with E-state index in [2.05, 4.69) is 188 Å². The van der Waals surface area contributed by atoms with Gasteiger partial charge in [0, 0.05) is 45.8 Å². The topological polar surface area (TPSA) is 0 Å². The third kappa shape index (κ3) is 6.34. The number of hydrogen-bond acceptors (Lipinski definition) is 2. The SMILES string of the molecule is CC(C)(C)c1ccc(-c2cc(CC(C)(Cc3ccc4c(c3)sc3cc(C(C)(C)C)ccc34)c3ccc4sc5ccccc5c4c3)c3ccccc3c2)cc1. The van der Waals surface area contributed by atoms with E-state index in [1.807, 2.05) is 22.7 Å². The summed E-state index contributed by atoms with van der Waals surface area (Å²) < 4.78 is 5.47. The van der Waals surface area contributed by atoms with Crippen molar-refractivity contribution in [2.45, 2.75) is 77.6 Å². The van der Waals surface area contributed by atoms with Crippen LogP contribution in [0.25, 0.3) is 62.2 Å². The second-order valence-electron chi connectivity index (χ2n) is 17.8. The Morgan fingerprint density at radius 3 is 1.74 bits per heavy atom. The van der Waals surface area contributed by atoms with E-state index in [-0.39, 0.29) is 16.2 Å². The molecule has 0 fully saturated rings. The van der Waals surface area contributed by atoms with E-state index < -0.39 is 0 Å². The van der Waals surface area contributed by atoms with Crippen LogP contribution in [0, 0.1) is 0 Å². The lowest BCUT2D eigenvalue weighted by Gasteiger charge is -2.32. The van der Waals surface area contributed by atoms with Crippen molar-refractivity contribution in [3.05, 3.63) is 167 Å². The zero-order valence-electron chi connectivity index (χ0n) is 32.5. The second-order valence-corrected chi connectivity index (χ2v) is 20.0. The summed E-state index contributed by atoms with van der Waals surface area (Å²) in [5, 5.41) is 8.10. The van der Waals surface area contributed by atoms with Crippen molar-refractivity contribution in [1.82, 2.24) is 0 Å². The van der Waals surface area contributed by atoms with E-state index in [9.17, 15) is 0 Å². The highest BCUT2D eigenvalue weighted by molar-refractivity contribution is 7.26. The Hall–Kier alpha value is -4.76. The van der Waals surface area contributed by atoms with Crippen molar-refractivity contribution in [3.63, 3.8) is 0 Å². The molecule has 0 aliphatic rings. The lowest BCUT2D eigenvalue weighted by Crippen LogP contribution is -2.28. The maximum Gasteiger partial charge on any atom is 0.0358 e. The molecule has 0 aliphatic carbocycles. The van der Waals surface area contributed by atoms with Gasteiger partial charge in [-0.2, -0.15) is 0 Å². The maximum absolute atomic E-state index is 2.51. The van der Waals surface area contributed by atoms with Gasteiger partial charge < -0.3 is 0 Å². The highest BCUT2D eigenvalue weighted by Crippen LogP contribution is 2.43. The molecule has 1 unspecified atom stereocenters. The lowest BCUT2D eigenvalue weighted by atomic mass is 9.72. The van der Waals surface area contributed by atoms with Crippen LogP contribution in [0.1, 0.15) is 76.3 Å². The third-order valence-electron chi connectivity index (χ3n) is 11.7. The van der Waals surface area contributed by atoms with Crippen molar-refractivity contribution in [2.75, 3.05) is 0 Å². The first-order valence-corrected chi connectivity index (χ1v) is 21.0. The van der Waals surface area contributed by atoms with Crippen molar-refractivity contribution in [2.24, 2.45) is 0 Å². The summed E-state index contributed by atoms with van der Waals surface area (Å²) in [6.45, 7) is 16.3. The molecular weight excluding hydrogens is 689 g/mol. The molecule has 0 saturated heterocycles. The molecule has 0 spiro atoms. The number of fused-ring (bicyclic) bond motifs is 7. The fraction of sp³-hybridized carbons (Fsp3) is 0.231. The van der Waals surface area contributed by atoms with Gasteiger partial charge in [-0.3, -0.25) is 0 Å². The molecule has 0 aliphatic heterocycles. The molecule has 54 heavy (non-hydrogen) atoms. The van der Waals surface area contributed by atoms with Crippen LogP contribution < -0.4 is 0 Å². The molecule has 0 bridgehead atoms. The molecule has 0 radical (unpaired) electrons. The van der Waals surface area contributed by atoms with E-state index in [1.54, 1.807) is 0 Å². The first kappa shape index (κ1) is 35.0. The highest BCUT2D eigenvalue weighted by Gasteiger charge is 2.30. The molecule has 2 heterocycles. The quantitative estimate of drug-likeness (QED) is 0.159. The van der Waals surface area contributed by atoms with Crippen LogP contribution in [-0.4, -0.2) is 0 Å². The Morgan fingerprint density at radius 1 is 0.389 bits per heavy atom. The van der Waals surface area contributed by atoms with E-state index in [1.165, 1.54) is 90.1 Å². The summed E-state index contributed by atoms with van der Waals surface area (Å²) in [6.07, 6.45) is 1.87. The molecule has 0 saturated carbocycles. The van der Waals surface area contributed by atoms with Gasteiger partial charge in [0.15, 0.2) is 0 Å². The number of rotatable bonds is 6. The van der Waals surface area contributed by atoms with Crippen LogP contribution in [-0.2, 0) is 29.1 Å². The first-order chi connectivity index (χ1) is 25.8. The third-order valence-corrected chi connectivity index (χ3v) is 14.0. The van der Waals surface area contributed by atoms with Crippen molar-refractivity contribution < 1.29 is 0 Å². The Kier molecular flexibility index (Phi) is 8.38. The molecule has 1 atom stereocenters. The van der Waals surface area contributed by atoms with Crippen LogP contribution in [0.2, 0.25) is 0 Å². The van der Waals surface area contributed by atoms with E-state index >= 15 is 0 Å². The van der Waals surface area contributed by atoms with E-state index in [0.717, 1.165) is 12.8 Å².